The Hall–Kier alpha value is -0.950. The molecule has 1 aromatic carbocycles. The lowest BCUT2D eigenvalue weighted by atomic mass is 10.1. The molecule has 6 heteroatoms. The topological polar surface area (TPSA) is 98.7 Å². The van der Waals surface area contributed by atoms with E-state index in [4.69, 9.17) is 10.8 Å². The van der Waals surface area contributed by atoms with Gasteiger partial charge in [-0.1, -0.05) is 6.07 Å². The summed E-state index contributed by atoms with van der Waals surface area (Å²) in [5.41, 5.74) is 5.86. The van der Waals surface area contributed by atoms with E-state index in [0.29, 0.717) is 12.1 Å². The smallest absolute Gasteiger partial charge is 0.157 e. The first kappa shape index (κ1) is 13.1. The summed E-state index contributed by atoms with van der Waals surface area (Å²) in [4.78, 5) is 0. The number of benzene rings is 1. The molecule has 0 amide bonds. The summed E-state index contributed by atoms with van der Waals surface area (Å²) >= 11 is 4.12. The summed E-state index contributed by atoms with van der Waals surface area (Å²) in [5.74, 6) is -0.462. The number of thiol groups is 1. The van der Waals surface area contributed by atoms with Crippen LogP contribution >= 0.6 is 12.6 Å². The zero-order valence-electron chi connectivity index (χ0n) is 8.67. The first-order valence-corrected chi connectivity index (χ1v) is 5.37. The van der Waals surface area contributed by atoms with Crippen molar-refractivity contribution in [1.29, 1.82) is 0 Å². The third-order valence-electron chi connectivity index (χ3n) is 2.15. The van der Waals surface area contributed by atoms with Gasteiger partial charge in [-0.25, -0.2) is 0 Å². The van der Waals surface area contributed by atoms with Crippen molar-refractivity contribution in [1.82, 2.24) is 5.32 Å². The van der Waals surface area contributed by atoms with Gasteiger partial charge in [-0.05, 0) is 17.7 Å². The molecule has 0 fully saturated rings. The van der Waals surface area contributed by atoms with E-state index < -0.39 is 6.10 Å². The quantitative estimate of drug-likeness (QED) is 0.248. The molecule has 0 radical (unpaired) electrons. The highest BCUT2D eigenvalue weighted by Crippen LogP contribution is 2.27. The van der Waals surface area contributed by atoms with Gasteiger partial charge in [-0.3, -0.25) is 0 Å². The van der Waals surface area contributed by atoms with Crippen LogP contribution < -0.4 is 11.1 Å². The molecule has 0 heterocycles. The summed E-state index contributed by atoms with van der Waals surface area (Å²) in [7, 11) is 0. The van der Waals surface area contributed by atoms with Crippen molar-refractivity contribution in [2.45, 2.75) is 11.5 Å². The SMILES string of the molecule is NCC(S)NCC(O)c1ccc(O)c(O)c1. The zero-order chi connectivity index (χ0) is 12.1. The number of phenolic OH excluding ortho intramolecular Hbond substituents is 2. The monoisotopic (exact) mass is 244 g/mol. The van der Waals surface area contributed by atoms with Gasteiger partial charge in [0.1, 0.15) is 0 Å². The fourth-order valence-electron chi connectivity index (χ4n) is 1.20. The molecule has 2 unspecified atom stereocenters. The predicted molar refractivity (Wildman–Crippen MR) is 64.6 cm³/mol. The second-order valence-electron chi connectivity index (χ2n) is 3.42. The van der Waals surface area contributed by atoms with Gasteiger partial charge >= 0.3 is 0 Å². The molecule has 0 aliphatic heterocycles. The summed E-state index contributed by atoms with van der Waals surface area (Å²) in [6.07, 6.45) is -0.785. The number of aliphatic hydroxyl groups excluding tert-OH is 1. The molecule has 0 saturated carbocycles. The van der Waals surface area contributed by atoms with Gasteiger partial charge in [0, 0.05) is 13.1 Å². The van der Waals surface area contributed by atoms with E-state index in [1.54, 1.807) is 0 Å². The van der Waals surface area contributed by atoms with Crippen molar-refractivity contribution in [2.24, 2.45) is 5.73 Å². The number of hydrogen-bond donors (Lipinski definition) is 6. The molecule has 5 nitrogen and oxygen atoms in total. The summed E-state index contributed by atoms with van der Waals surface area (Å²) in [6.45, 7) is 0.631. The fourth-order valence-corrected chi connectivity index (χ4v) is 1.30. The van der Waals surface area contributed by atoms with Crippen LogP contribution in [0.5, 0.6) is 11.5 Å². The summed E-state index contributed by atoms with van der Waals surface area (Å²) in [5, 5.41) is 30.8. The Morgan fingerprint density at radius 3 is 2.56 bits per heavy atom. The zero-order valence-corrected chi connectivity index (χ0v) is 9.56. The maximum atomic E-state index is 9.75. The summed E-state index contributed by atoms with van der Waals surface area (Å²) < 4.78 is 0. The van der Waals surface area contributed by atoms with Crippen molar-refractivity contribution in [3.8, 4) is 11.5 Å². The molecular weight excluding hydrogens is 228 g/mol. The molecule has 1 rings (SSSR count). The van der Waals surface area contributed by atoms with Gasteiger partial charge in [0.15, 0.2) is 11.5 Å². The van der Waals surface area contributed by atoms with Crippen molar-refractivity contribution >= 4 is 12.6 Å². The van der Waals surface area contributed by atoms with Crippen LogP contribution in [0.15, 0.2) is 18.2 Å². The Morgan fingerprint density at radius 1 is 1.31 bits per heavy atom. The van der Waals surface area contributed by atoms with Crippen molar-refractivity contribution in [3.05, 3.63) is 23.8 Å². The second kappa shape index (κ2) is 5.95. The van der Waals surface area contributed by atoms with Crippen molar-refractivity contribution in [2.75, 3.05) is 13.1 Å². The normalized spacial score (nSPS) is 14.7. The predicted octanol–water partition coefficient (Wildman–Crippen LogP) is -0.0646. The molecule has 0 spiro atoms. The van der Waals surface area contributed by atoms with E-state index in [0.717, 1.165) is 0 Å². The number of nitrogens with two attached hydrogens (primary N) is 1. The molecule has 1 aromatic rings. The minimum atomic E-state index is -0.785. The average Bonchev–Trinajstić information content (AvgIpc) is 2.29. The average molecular weight is 244 g/mol. The molecule has 0 aliphatic rings. The largest absolute Gasteiger partial charge is 0.504 e. The third-order valence-corrected chi connectivity index (χ3v) is 2.55. The standard InChI is InChI=1S/C10H16N2O3S/c11-4-10(16)12-5-9(15)6-1-2-7(13)8(14)3-6/h1-3,9-10,12-16H,4-5,11H2. The molecule has 0 aromatic heterocycles. The van der Waals surface area contributed by atoms with Crippen LogP contribution in [0, 0.1) is 0 Å². The number of aromatic hydroxyl groups is 2. The highest BCUT2D eigenvalue weighted by Gasteiger charge is 2.11. The molecule has 2 atom stereocenters. The summed E-state index contributed by atoms with van der Waals surface area (Å²) in [6, 6.07) is 4.18. The number of rotatable bonds is 5. The van der Waals surface area contributed by atoms with Crippen LogP contribution in [0.1, 0.15) is 11.7 Å². The van der Waals surface area contributed by atoms with E-state index >= 15 is 0 Å². The van der Waals surface area contributed by atoms with Gasteiger partial charge in [0.2, 0.25) is 0 Å². The van der Waals surface area contributed by atoms with Crippen LogP contribution in [0.25, 0.3) is 0 Å². The Kier molecular flexibility index (Phi) is 4.88. The molecule has 0 saturated heterocycles. The maximum Gasteiger partial charge on any atom is 0.157 e. The molecule has 0 bridgehead atoms. The van der Waals surface area contributed by atoms with Crippen LogP contribution in [0.2, 0.25) is 0 Å². The van der Waals surface area contributed by atoms with Crippen LogP contribution in [0.4, 0.5) is 0 Å². The van der Waals surface area contributed by atoms with Gasteiger partial charge in [-0.2, -0.15) is 12.6 Å². The van der Waals surface area contributed by atoms with E-state index in [2.05, 4.69) is 17.9 Å². The lowest BCUT2D eigenvalue weighted by Gasteiger charge is -2.15. The molecule has 16 heavy (non-hydrogen) atoms. The molecule has 0 aliphatic carbocycles. The minimum absolute atomic E-state index is 0.180. The Morgan fingerprint density at radius 2 is 2.00 bits per heavy atom. The van der Waals surface area contributed by atoms with Crippen molar-refractivity contribution < 1.29 is 15.3 Å². The first-order chi connectivity index (χ1) is 7.54. The lowest BCUT2D eigenvalue weighted by molar-refractivity contribution is 0.173. The number of aliphatic hydroxyl groups is 1. The van der Waals surface area contributed by atoms with Gasteiger partial charge in [0.25, 0.3) is 0 Å². The van der Waals surface area contributed by atoms with Gasteiger partial charge in [0.05, 0.1) is 11.5 Å². The maximum absolute atomic E-state index is 9.75. The van der Waals surface area contributed by atoms with Crippen LogP contribution in [-0.2, 0) is 0 Å². The van der Waals surface area contributed by atoms with Gasteiger partial charge < -0.3 is 26.4 Å². The Bertz CT molecular complexity index is 349. The number of hydrogen-bond acceptors (Lipinski definition) is 6. The fraction of sp³-hybridized carbons (Fsp3) is 0.400. The van der Waals surface area contributed by atoms with Crippen LogP contribution in [0.3, 0.4) is 0 Å². The van der Waals surface area contributed by atoms with Gasteiger partial charge in [-0.15, -0.1) is 0 Å². The molecular formula is C10H16N2O3S. The lowest BCUT2D eigenvalue weighted by Crippen LogP contribution is -2.34. The second-order valence-corrected chi connectivity index (χ2v) is 4.05. The van der Waals surface area contributed by atoms with E-state index in [1.807, 2.05) is 0 Å². The highest BCUT2D eigenvalue weighted by atomic mass is 32.1. The Balaban J connectivity index is 2.59. The van der Waals surface area contributed by atoms with E-state index in [-0.39, 0.29) is 23.4 Å². The molecule has 6 N–H and O–H groups in total. The van der Waals surface area contributed by atoms with E-state index in [1.165, 1.54) is 18.2 Å². The van der Waals surface area contributed by atoms with Crippen molar-refractivity contribution in [3.63, 3.8) is 0 Å². The number of nitrogens with one attached hydrogen (secondary N) is 1. The first-order valence-electron chi connectivity index (χ1n) is 4.86. The number of phenols is 2. The molecule has 90 valence electrons. The minimum Gasteiger partial charge on any atom is -0.504 e. The third kappa shape index (κ3) is 3.57. The van der Waals surface area contributed by atoms with Crippen LogP contribution in [-0.4, -0.2) is 33.8 Å². The van der Waals surface area contributed by atoms with E-state index in [9.17, 15) is 10.2 Å². The highest BCUT2D eigenvalue weighted by molar-refractivity contribution is 7.80. The Labute approximate surface area is 99.3 Å².